The standard InChI is InChI=1S/C63H44N6/c1-3-4-28-55(64-2)47-21-16-20-45(39-47)46-37-38-60(69-58-31-14-10-26-52(58)53-27-11-15-32-59(53)69)54(41-46)42-33-35-44(36-34-42)62-65-61(43-18-6-5-7-19-43)66-63(67-62)48-22-17-23-49(40-48)68-56-29-12-8-24-50(56)51-25-9-13-30-57(51)68/h3-41H,2H2,1H3/b4-3-,55-28-. The molecule has 0 saturated heterocycles. The van der Waals surface area contributed by atoms with E-state index in [1.54, 1.807) is 0 Å². The van der Waals surface area contributed by atoms with Crippen LogP contribution in [0.25, 0.3) is 117 Å². The number of hydrogen-bond donors (Lipinski definition) is 0. The third-order valence-corrected chi connectivity index (χ3v) is 13.0. The van der Waals surface area contributed by atoms with E-state index in [4.69, 9.17) is 15.0 Å². The highest BCUT2D eigenvalue weighted by Gasteiger charge is 2.19. The summed E-state index contributed by atoms with van der Waals surface area (Å²) in [6, 6.07) is 77.0. The van der Waals surface area contributed by atoms with Crippen molar-refractivity contribution in [2.75, 3.05) is 0 Å². The maximum Gasteiger partial charge on any atom is 0.164 e. The van der Waals surface area contributed by atoms with Crippen molar-refractivity contribution in [3.63, 3.8) is 0 Å². The van der Waals surface area contributed by atoms with E-state index in [0.717, 1.165) is 83.6 Å². The second-order valence-corrected chi connectivity index (χ2v) is 17.1. The van der Waals surface area contributed by atoms with Gasteiger partial charge in [-0.3, -0.25) is 4.99 Å². The molecule has 0 amide bonds. The fourth-order valence-electron chi connectivity index (χ4n) is 9.74. The molecule has 0 aliphatic heterocycles. The summed E-state index contributed by atoms with van der Waals surface area (Å²) in [5.41, 5.74) is 15.6. The summed E-state index contributed by atoms with van der Waals surface area (Å²) in [6.07, 6.45) is 5.98. The quantitative estimate of drug-likeness (QED) is 0.102. The summed E-state index contributed by atoms with van der Waals surface area (Å²) in [5.74, 6) is 1.81. The Morgan fingerprint density at radius 1 is 0.420 bits per heavy atom. The normalized spacial score (nSPS) is 11.9. The molecule has 12 aromatic rings. The molecule has 0 aliphatic carbocycles. The van der Waals surface area contributed by atoms with Crippen molar-refractivity contribution >= 4 is 56.0 Å². The molecule has 3 aromatic heterocycles. The van der Waals surface area contributed by atoms with Crippen molar-refractivity contribution in [2.24, 2.45) is 4.99 Å². The molecule has 326 valence electrons. The fraction of sp³-hybridized carbons (Fsp3) is 0.0159. The van der Waals surface area contributed by atoms with Gasteiger partial charge in [-0.15, -0.1) is 0 Å². The van der Waals surface area contributed by atoms with E-state index in [1.807, 2.05) is 55.5 Å². The molecular weight excluding hydrogens is 841 g/mol. The third-order valence-electron chi connectivity index (χ3n) is 13.0. The van der Waals surface area contributed by atoms with Crippen LogP contribution in [0.2, 0.25) is 0 Å². The van der Waals surface area contributed by atoms with Crippen molar-refractivity contribution < 1.29 is 0 Å². The van der Waals surface area contributed by atoms with Crippen molar-refractivity contribution in [2.45, 2.75) is 6.92 Å². The van der Waals surface area contributed by atoms with Crippen LogP contribution in [-0.2, 0) is 0 Å². The van der Waals surface area contributed by atoms with Gasteiger partial charge in [-0.25, -0.2) is 15.0 Å². The number of fused-ring (bicyclic) bond motifs is 6. The number of rotatable bonds is 10. The Morgan fingerprint density at radius 3 is 1.48 bits per heavy atom. The second kappa shape index (κ2) is 17.5. The van der Waals surface area contributed by atoms with Gasteiger partial charge in [-0.2, -0.15) is 0 Å². The Kier molecular flexibility index (Phi) is 10.5. The topological polar surface area (TPSA) is 60.9 Å². The summed E-state index contributed by atoms with van der Waals surface area (Å²) in [5, 5.41) is 4.85. The first-order valence-electron chi connectivity index (χ1n) is 23.2. The molecule has 0 spiro atoms. The van der Waals surface area contributed by atoms with Crippen LogP contribution in [-0.4, -0.2) is 30.8 Å². The number of para-hydroxylation sites is 4. The highest BCUT2D eigenvalue weighted by Crippen LogP contribution is 2.40. The highest BCUT2D eigenvalue weighted by molar-refractivity contribution is 6.10. The van der Waals surface area contributed by atoms with Crippen LogP contribution in [0.3, 0.4) is 0 Å². The van der Waals surface area contributed by atoms with E-state index in [1.165, 1.54) is 21.5 Å². The number of hydrogen-bond acceptors (Lipinski definition) is 4. The zero-order valence-electron chi connectivity index (χ0n) is 37.9. The monoisotopic (exact) mass is 884 g/mol. The van der Waals surface area contributed by atoms with Gasteiger partial charge in [0.05, 0.1) is 33.5 Å². The average Bonchev–Trinajstić information content (AvgIpc) is 3.94. The van der Waals surface area contributed by atoms with Gasteiger partial charge in [-0.1, -0.05) is 176 Å². The minimum Gasteiger partial charge on any atom is -0.309 e. The number of benzene rings is 9. The number of aromatic nitrogens is 5. The van der Waals surface area contributed by atoms with Gasteiger partial charge in [0.25, 0.3) is 0 Å². The number of nitrogens with zero attached hydrogens (tertiary/aromatic N) is 6. The Hall–Kier alpha value is -9.26. The summed E-state index contributed by atoms with van der Waals surface area (Å²) >= 11 is 0. The van der Waals surface area contributed by atoms with Crippen LogP contribution in [0.4, 0.5) is 0 Å². The maximum atomic E-state index is 5.22. The zero-order valence-corrected chi connectivity index (χ0v) is 37.9. The van der Waals surface area contributed by atoms with Crippen molar-refractivity contribution in [3.8, 4) is 67.8 Å². The molecule has 0 radical (unpaired) electrons. The zero-order chi connectivity index (χ0) is 46.3. The third kappa shape index (κ3) is 7.41. The SMILES string of the molecule is C=N/C(=C\C=C/C)c1cccc(-c2ccc(-n3c4ccccc4c4ccccc43)c(-c3ccc(-c4nc(-c5ccccc5)nc(-c5cccc(-n6c7ccccc7c7ccccc76)c5)n4)cc3)c2)c1. The Morgan fingerprint density at radius 2 is 0.884 bits per heavy atom. The lowest BCUT2D eigenvalue weighted by atomic mass is 9.95. The molecule has 0 saturated carbocycles. The Bertz CT molecular complexity index is 3880. The molecule has 3 heterocycles. The minimum atomic E-state index is 0.596. The smallest absolute Gasteiger partial charge is 0.164 e. The summed E-state index contributed by atoms with van der Waals surface area (Å²) in [6.45, 7) is 5.87. The van der Waals surface area contributed by atoms with Crippen LogP contribution in [0.15, 0.2) is 242 Å². The molecule has 0 bridgehead atoms. The van der Waals surface area contributed by atoms with Crippen LogP contribution in [0.1, 0.15) is 12.5 Å². The summed E-state index contributed by atoms with van der Waals surface area (Å²) in [7, 11) is 0. The molecule has 69 heavy (non-hydrogen) atoms. The van der Waals surface area contributed by atoms with E-state index >= 15 is 0 Å². The molecular formula is C63H44N6. The van der Waals surface area contributed by atoms with Crippen LogP contribution < -0.4 is 0 Å². The van der Waals surface area contributed by atoms with Crippen LogP contribution >= 0.6 is 0 Å². The first kappa shape index (κ1) is 41.2. The van der Waals surface area contributed by atoms with Crippen LogP contribution in [0, 0.1) is 0 Å². The molecule has 6 heteroatoms. The van der Waals surface area contributed by atoms with Gasteiger partial charge in [0.2, 0.25) is 0 Å². The largest absolute Gasteiger partial charge is 0.309 e. The molecule has 6 nitrogen and oxygen atoms in total. The number of allylic oxidation sites excluding steroid dienone is 3. The molecule has 0 aliphatic rings. The lowest BCUT2D eigenvalue weighted by Gasteiger charge is -2.17. The minimum absolute atomic E-state index is 0.596. The first-order valence-corrected chi connectivity index (χ1v) is 23.2. The molecule has 0 N–H and O–H groups in total. The Labute approximate surface area is 400 Å². The van der Waals surface area contributed by atoms with Gasteiger partial charge in [0.1, 0.15) is 0 Å². The predicted molar refractivity (Wildman–Crippen MR) is 288 cm³/mol. The first-order chi connectivity index (χ1) is 34.1. The van der Waals surface area contributed by atoms with Gasteiger partial charge in [0, 0.05) is 55.0 Å². The van der Waals surface area contributed by atoms with Gasteiger partial charge in [0.15, 0.2) is 17.5 Å². The van der Waals surface area contributed by atoms with E-state index < -0.39 is 0 Å². The molecule has 0 atom stereocenters. The summed E-state index contributed by atoms with van der Waals surface area (Å²) < 4.78 is 4.72. The van der Waals surface area contributed by atoms with E-state index in [9.17, 15) is 0 Å². The van der Waals surface area contributed by atoms with E-state index in [0.29, 0.717) is 17.5 Å². The predicted octanol–water partition coefficient (Wildman–Crippen LogP) is 16.0. The molecule has 0 unspecified atom stereocenters. The van der Waals surface area contributed by atoms with Gasteiger partial charge < -0.3 is 9.13 Å². The van der Waals surface area contributed by atoms with Crippen molar-refractivity contribution in [3.05, 3.63) is 242 Å². The lowest BCUT2D eigenvalue weighted by molar-refractivity contribution is 1.07. The molecule has 9 aromatic carbocycles. The van der Waals surface area contributed by atoms with Gasteiger partial charge in [-0.05, 0) is 91.0 Å². The Balaban J connectivity index is 0.999. The van der Waals surface area contributed by atoms with Crippen LogP contribution in [0.5, 0.6) is 0 Å². The van der Waals surface area contributed by atoms with Crippen molar-refractivity contribution in [1.29, 1.82) is 0 Å². The van der Waals surface area contributed by atoms with Gasteiger partial charge >= 0.3 is 0 Å². The van der Waals surface area contributed by atoms with Crippen molar-refractivity contribution in [1.82, 2.24) is 24.1 Å². The van der Waals surface area contributed by atoms with E-state index in [-0.39, 0.29) is 0 Å². The molecule has 12 rings (SSSR count). The highest BCUT2D eigenvalue weighted by atomic mass is 15.0. The number of aliphatic imine (C=N–C) groups is 1. The maximum absolute atomic E-state index is 5.22. The molecule has 0 fully saturated rings. The summed E-state index contributed by atoms with van der Waals surface area (Å²) in [4.78, 5) is 19.8. The average molecular weight is 885 g/mol. The second-order valence-electron chi connectivity index (χ2n) is 17.1. The fourth-order valence-corrected chi connectivity index (χ4v) is 9.74. The van der Waals surface area contributed by atoms with E-state index in [2.05, 4.69) is 209 Å². The lowest BCUT2D eigenvalue weighted by Crippen LogP contribution is -2.01.